The molecule has 1 saturated carbocycles. The minimum atomic E-state index is -0.107. The molecule has 0 unspecified atom stereocenters. The maximum Gasteiger partial charge on any atom is 0.231 e. The molecular formula is C23H23NO5. The van der Waals surface area contributed by atoms with Gasteiger partial charge in [-0.15, -0.1) is 0 Å². The van der Waals surface area contributed by atoms with Gasteiger partial charge in [0, 0.05) is 23.7 Å². The SMILES string of the molecule is COc1ccc(C=C2Oc3c(cc4c(c3C)OCN(C3CC3)C4)C2=O)cc1OC. The number of methoxy groups -OCH3 is 2. The molecule has 0 atom stereocenters. The summed E-state index contributed by atoms with van der Waals surface area (Å²) >= 11 is 0. The molecule has 3 aliphatic rings. The van der Waals surface area contributed by atoms with Gasteiger partial charge in [-0.3, -0.25) is 9.69 Å². The van der Waals surface area contributed by atoms with Crippen molar-refractivity contribution in [3.05, 3.63) is 52.3 Å². The molecule has 150 valence electrons. The molecule has 0 saturated heterocycles. The summed E-state index contributed by atoms with van der Waals surface area (Å²) in [5.41, 5.74) is 3.35. The van der Waals surface area contributed by atoms with Crippen LogP contribution in [-0.2, 0) is 6.54 Å². The predicted molar refractivity (Wildman–Crippen MR) is 108 cm³/mol. The normalized spacial score (nSPS) is 19.4. The first kappa shape index (κ1) is 18.1. The van der Waals surface area contributed by atoms with Gasteiger partial charge < -0.3 is 18.9 Å². The van der Waals surface area contributed by atoms with Gasteiger partial charge in [-0.05, 0) is 49.6 Å². The number of carbonyl (C=O) groups is 1. The van der Waals surface area contributed by atoms with E-state index >= 15 is 0 Å². The van der Waals surface area contributed by atoms with E-state index in [1.807, 2.05) is 31.2 Å². The van der Waals surface area contributed by atoms with Gasteiger partial charge in [0.05, 0.1) is 19.8 Å². The third-order valence-corrected chi connectivity index (χ3v) is 5.73. The van der Waals surface area contributed by atoms with E-state index in [9.17, 15) is 4.79 Å². The van der Waals surface area contributed by atoms with E-state index in [-0.39, 0.29) is 5.78 Å². The molecule has 5 rings (SSSR count). The van der Waals surface area contributed by atoms with Crippen LogP contribution in [0.5, 0.6) is 23.0 Å². The van der Waals surface area contributed by atoms with E-state index in [1.165, 1.54) is 12.8 Å². The Morgan fingerprint density at radius 1 is 1.10 bits per heavy atom. The quantitative estimate of drug-likeness (QED) is 0.734. The van der Waals surface area contributed by atoms with Gasteiger partial charge >= 0.3 is 0 Å². The van der Waals surface area contributed by atoms with Crippen LogP contribution in [0.4, 0.5) is 0 Å². The lowest BCUT2D eigenvalue weighted by molar-refractivity contribution is 0.0872. The smallest absolute Gasteiger partial charge is 0.231 e. The Morgan fingerprint density at radius 2 is 1.90 bits per heavy atom. The van der Waals surface area contributed by atoms with E-state index < -0.39 is 0 Å². The Morgan fingerprint density at radius 3 is 2.62 bits per heavy atom. The Balaban J connectivity index is 1.48. The van der Waals surface area contributed by atoms with Gasteiger partial charge in [-0.1, -0.05) is 6.07 Å². The van der Waals surface area contributed by atoms with E-state index in [1.54, 1.807) is 20.3 Å². The highest BCUT2D eigenvalue weighted by Gasteiger charge is 2.36. The summed E-state index contributed by atoms with van der Waals surface area (Å²) in [7, 11) is 3.17. The summed E-state index contributed by atoms with van der Waals surface area (Å²) in [5.74, 6) is 2.88. The van der Waals surface area contributed by atoms with Crippen LogP contribution >= 0.6 is 0 Å². The average Bonchev–Trinajstić information content (AvgIpc) is 3.54. The minimum absolute atomic E-state index is 0.107. The van der Waals surface area contributed by atoms with E-state index in [4.69, 9.17) is 18.9 Å². The fourth-order valence-electron chi connectivity index (χ4n) is 4.03. The first-order chi connectivity index (χ1) is 14.1. The number of fused-ring (bicyclic) bond motifs is 2. The minimum Gasteiger partial charge on any atom is -0.493 e. The molecule has 0 amide bonds. The van der Waals surface area contributed by atoms with Gasteiger partial charge in [0.1, 0.15) is 18.2 Å². The van der Waals surface area contributed by atoms with Crippen LogP contribution in [0.2, 0.25) is 0 Å². The van der Waals surface area contributed by atoms with Gasteiger partial charge in [-0.25, -0.2) is 0 Å². The molecule has 0 spiro atoms. The third-order valence-electron chi connectivity index (χ3n) is 5.73. The second kappa shape index (κ2) is 6.81. The lowest BCUT2D eigenvalue weighted by Crippen LogP contribution is -2.34. The fourth-order valence-corrected chi connectivity index (χ4v) is 4.03. The first-order valence-corrected chi connectivity index (χ1v) is 9.78. The fraction of sp³-hybridized carbons (Fsp3) is 0.348. The molecule has 2 aliphatic heterocycles. The largest absolute Gasteiger partial charge is 0.493 e. The third kappa shape index (κ3) is 3.04. The van der Waals surface area contributed by atoms with Gasteiger partial charge in [-0.2, -0.15) is 0 Å². The van der Waals surface area contributed by atoms with Crippen LogP contribution in [0.25, 0.3) is 6.08 Å². The van der Waals surface area contributed by atoms with Gasteiger partial charge in [0.25, 0.3) is 0 Å². The summed E-state index contributed by atoms with van der Waals surface area (Å²) in [4.78, 5) is 15.4. The van der Waals surface area contributed by atoms with Crippen LogP contribution in [-0.4, -0.2) is 37.7 Å². The highest BCUT2D eigenvalue weighted by Crippen LogP contribution is 2.44. The Kier molecular flexibility index (Phi) is 4.24. The molecule has 29 heavy (non-hydrogen) atoms. The van der Waals surface area contributed by atoms with Crippen LogP contribution in [0.1, 0.15) is 39.9 Å². The molecule has 0 radical (unpaired) electrons. The zero-order valence-corrected chi connectivity index (χ0v) is 16.8. The maximum atomic E-state index is 13.0. The molecule has 0 bridgehead atoms. The van der Waals surface area contributed by atoms with E-state index in [0.29, 0.717) is 41.3 Å². The number of nitrogens with zero attached hydrogens (tertiary/aromatic N) is 1. The molecule has 1 aliphatic carbocycles. The second-order valence-corrected chi connectivity index (χ2v) is 7.67. The summed E-state index contributed by atoms with van der Waals surface area (Å²) in [6.45, 7) is 3.37. The van der Waals surface area contributed by atoms with Crippen molar-refractivity contribution in [3.63, 3.8) is 0 Å². The van der Waals surface area contributed by atoms with Crippen molar-refractivity contribution in [3.8, 4) is 23.0 Å². The summed E-state index contributed by atoms with van der Waals surface area (Å²) in [6, 6.07) is 8.04. The van der Waals surface area contributed by atoms with Crippen LogP contribution in [0.15, 0.2) is 30.0 Å². The number of rotatable bonds is 4. The number of Topliss-reactive ketones (excluding diaryl/α,β-unsaturated/α-hetero) is 1. The van der Waals surface area contributed by atoms with Crippen molar-refractivity contribution in [2.45, 2.75) is 32.4 Å². The number of ether oxygens (including phenoxy) is 4. The van der Waals surface area contributed by atoms with E-state index in [0.717, 1.165) is 29.0 Å². The molecule has 2 aromatic rings. The molecule has 2 heterocycles. The molecule has 6 nitrogen and oxygen atoms in total. The lowest BCUT2D eigenvalue weighted by atomic mass is 10.00. The lowest BCUT2D eigenvalue weighted by Gasteiger charge is -2.30. The van der Waals surface area contributed by atoms with Crippen molar-refractivity contribution in [1.29, 1.82) is 0 Å². The summed E-state index contributed by atoms with van der Waals surface area (Å²) < 4.78 is 22.6. The van der Waals surface area contributed by atoms with Crippen molar-refractivity contribution in [1.82, 2.24) is 4.90 Å². The standard InChI is InChI=1S/C23H23NO5/c1-13-22-15(11-24(12-28-22)16-5-6-16)10-17-21(25)20(29-23(13)17)9-14-4-7-18(26-2)19(8-14)27-3/h4,7-10,16H,5-6,11-12H2,1-3H3. The van der Waals surface area contributed by atoms with Crippen molar-refractivity contribution < 1.29 is 23.7 Å². The highest BCUT2D eigenvalue weighted by molar-refractivity contribution is 6.15. The summed E-state index contributed by atoms with van der Waals surface area (Å²) in [5, 5.41) is 0. The van der Waals surface area contributed by atoms with Crippen molar-refractivity contribution >= 4 is 11.9 Å². The second-order valence-electron chi connectivity index (χ2n) is 7.67. The highest BCUT2D eigenvalue weighted by atomic mass is 16.5. The van der Waals surface area contributed by atoms with Crippen molar-refractivity contribution in [2.75, 3.05) is 21.0 Å². The van der Waals surface area contributed by atoms with Crippen LogP contribution < -0.4 is 18.9 Å². The number of allylic oxidation sites excluding steroid dienone is 1. The Hall–Kier alpha value is -2.99. The zero-order chi connectivity index (χ0) is 20.1. The molecule has 6 heteroatoms. The topological polar surface area (TPSA) is 57.2 Å². The number of hydrogen-bond donors (Lipinski definition) is 0. The average molecular weight is 393 g/mol. The zero-order valence-electron chi connectivity index (χ0n) is 16.8. The number of hydrogen-bond acceptors (Lipinski definition) is 6. The Bertz CT molecular complexity index is 1040. The van der Waals surface area contributed by atoms with Gasteiger partial charge in [0.2, 0.25) is 5.78 Å². The first-order valence-electron chi connectivity index (χ1n) is 9.78. The monoisotopic (exact) mass is 393 g/mol. The number of carbonyl (C=O) groups excluding carboxylic acids is 1. The maximum absolute atomic E-state index is 13.0. The van der Waals surface area contributed by atoms with Crippen LogP contribution in [0.3, 0.4) is 0 Å². The van der Waals surface area contributed by atoms with Crippen LogP contribution in [0, 0.1) is 6.92 Å². The molecule has 1 fully saturated rings. The molecule has 0 aromatic heterocycles. The van der Waals surface area contributed by atoms with E-state index in [2.05, 4.69) is 4.90 Å². The van der Waals surface area contributed by atoms with Crippen molar-refractivity contribution in [2.24, 2.45) is 0 Å². The number of benzene rings is 2. The molecule has 0 N–H and O–H groups in total. The Labute approximate surface area is 169 Å². The molecule has 2 aromatic carbocycles. The predicted octanol–water partition coefficient (Wildman–Crippen LogP) is 3.94. The summed E-state index contributed by atoms with van der Waals surface area (Å²) in [6.07, 6.45) is 4.19. The molecular weight excluding hydrogens is 370 g/mol. The number of ketones is 1. The van der Waals surface area contributed by atoms with Gasteiger partial charge in [0.15, 0.2) is 17.3 Å².